The van der Waals surface area contributed by atoms with E-state index >= 15 is 0 Å². The van der Waals surface area contributed by atoms with Crippen LogP contribution in [0.15, 0.2) is 97.1 Å². The van der Waals surface area contributed by atoms with E-state index in [0.717, 1.165) is 22.3 Å². The molecular formula is C28H21ClO4S. The predicted molar refractivity (Wildman–Crippen MR) is 137 cm³/mol. The summed E-state index contributed by atoms with van der Waals surface area (Å²) in [5, 5.41) is 1.38. The van der Waals surface area contributed by atoms with Crippen molar-refractivity contribution in [1.82, 2.24) is 0 Å². The maximum atomic E-state index is 13.5. The molecule has 0 radical (unpaired) electrons. The van der Waals surface area contributed by atoms with Crippen molar-refractivity contribution in [3.8, 4) is 33.4 Å². The van der Waals surface area contributed by atoms with Crippen molar-refractivity contribution in [2.75, 3.05) is 7.11 Å². The van der Waals surface area contributed by atoms with E-state index in [1.54, 1.807) is 25.3 Å². The van der Waals surface area contributed by atoms with Crippen molar-refractivity contribution in [2.45, 2.75) is 6.61 Å². The highest BCUT2D eigenvalue weighted by Gasteiger charge is 2.27. The second-order valence-corrected chi connectivity index (χ2v) is 9.47. The summed E-state index contributed by atoms with van der Waals surface area (Å²) in [7, 11) is 0.159. The number of halogens is 1. The number of rotatable bonds is 7. The fourth-order valence-corrected chi connectivity index (χ4v) is 5.29. The summed E-state index contributed by atoms with van der Waals surface area (Å²) in [4.78, 5) is 0.601. The molecule has 0 fully saturated rings. The molecular weight excluding hydrogens is 468 g/mol. The van der Waals surface area contributed by atoms with Crippen LogP contribution in [0.3, 0.4) is 0 Å². The molecule has 0 aliphatic rings. The number of hydrogen-bond donors (Lipinski definition) is 0. The Balaban J connectivity index is 1.47. The number of methoxy groups -OCH3 is 1. The topological polar surface area (TPSA) is 50.8 Å². The van der Waals surface area contributed by atoms with Gasteiger partial charge >= 0.3 is 0 Å². The lowest BCUT2D eigenvalue weighted by Gasteiger charge is -2.09. The van der Waals surface area contributed by atoms with E-state index in [-0.39, 0.29) is 0 Å². The molecule has 5 rings (SSSR count). The monoisotopic (exact) mass is 488 g/mol. The van der Waals surface area contributed by atoms with Gasteiger partial charge in [-0.2, -0.15) is 0 Å². The number of hydrogen-bond acceptors (Lipinski definition) is 4. The first-order chi connectivity index (χ1) is 16.6. The summed E-state index contributed by atoms with van der Waals surface area (Å²) in [6.45, 7) is 0.487. The van der Waals surface area contributed by atoms with Crippen LogP contribution in [-0.4, -0.2) is 11.7 Å². The molecule has 4 aromatic carbocycles. The van der Waals surface area contributed by atoms with E-state index < -0.39 is 10.8 Å². The normalized spacial score (nSPS) is 11.4. The molecule has 0 bridgehead atoms. The molecule has 0 spiro atoms. The van der Waals surface area contributed by atoms with Gasteiger partial charge in [0.15, 0.2) is 10.4 Å². The highest BCUT2D eigenvalue weighted by atomic mass is 35.5. The third kappa shape index (κ3) is 4.59. The number of thiophene rings is 1. The van der Waals surface area contributed by atoms with Gasteiger partial charge in [0.25, 0.3) is 0 Å². The Morgan fingerprint density at radius 1 is 0.794 bits per heavy atom. The smallest absolute Gasteiger partial charge is 0.223 e. The standard InChI is InChI=1S/C28H21ClO4S/c1-31-24-15-16-25-26(17-24)34(30)28(20-7-9-21(29)10-8-20)27(25)33-23-13-11-22(12-14-23)32-18-19-5-3-2-4-6-19/h2-17H,18H2,1H3. The molecule has 1 heterocycles. The van der Waals surface area contributed by atoms with E-state index in [2.05, 4.69) is 0 Å². The molecule has 1 unspecified atom stereocenters. The first kappa shape index (κ1) is 22.3. The van der Waals surface area contributed by atoms with Gasteiger partial charge in [-0.05, 0) is 77.0 Å². The lowest BCUT2D eigenvalue weighted by atomic mass is 10.1. The molecule has 0 amide bonds. The SMILES string of the molecule is COc1ccc2c(Oc3ccc(OCc4ccccc4)cc3)c(-c3ccc(Cl)cc3)[s+]([O-])c2c1. The fourth-order valence-electron chi connectivity index (χ4n) is 3.69. The minimum atomic E-state index is -1.43. The van der Waals surface area contributed by atoms with Crippen LogP contribution in [0.25, 0.3) is 20.5 Å². The zero-order chi connectivity index (χ0) is 23.5. The van der Waals surface area contributed by atoms with Crippen LogP contribution in [-0.2, 0) is 6.61 Å². The Kier molecular flexibility index (Phi) is 6.41. The Morgan fingerprint density at radius 3 is 2.18 bits per heavy atom. The Hall–Kier alpha value is -3.51. The van der Waals surface area contributed by atoms with Crippen LogP contribution >= 0.6 is 22.4 Å². The third-order valence-electron chi connectivity index (χ3n) is 5.42. The summed E-state index contributed by atoms with van der Waals surface area (Å²) in [6, 6.07) is 30.2. The second kappa shape index (κ2) is 9.77. The molecule has 34 heavy (non-hydrogen) atoms. The predicted octanol–water partition coefficient (Wildman–Crippen LogP) is 8.27. The number of fused-ring (bicyclic) bond motifs is 1. The zero-order valence-corrected chi connectivity index (χ0v) is 19.9. The van der Waals surface area contributed by atoms with E-state index in [9.17, 15) is 4.55 Å². The Labute approximate surface area is 205 Å². The highest BCUT2D eigenvalue weighted by Crippen LogP contribution is 2.52. The van der Waals surface area contributed by atoms with Crippen molar-refractivity contribution < 1.29 is 18.8 Å². The molecule has 0 N–H and O–H groups in total. The Bertz CT molecular complexity index is 1410. The first-order valence-corrected chi connectivity index (χ1v) is 12.2. The molecule has 170 valence electrons. The van der Waals surface area contributed by atoms with Crippen molar-refractivity contribution in [1.29, 1.82) is 0 Å². The number of benzene rings is 4. The minimum Gasteiger partial charge on any atom is -0.590 e. The van der Waals surface area contributed by atoms with Crippen molar-refractivity contribution in [2.24, 2.45) is 0 Å². The summed E-state index contributed by atoms with van der Waals surface area (Å²) in [5.74, 6) is 2.55. The Morgan fingerprint density at radius 2 is 1.47 bits per heavy atom. The van der Waals surface area contributed by atoms with Gasteiger partial charge in [0, 0.05) is 16.7 Å². The highest BCUT2D eigenvalue weighted by molar-refractivity contribution is 7.35. The largest absolute Gasteiger partial charge is 0.590 e. The molecule has 0 saturated heterocycles. The molecule has 1 aromatic heterocycles. The van der Waals surface area contributed by atoms with Gasteiger partial charge < -0.3 is 18.8 Å². The van der Waals surface area contributed by atoms with Crippen molar-refractivity contribution in [3.63, 3.8) is 0 Å². The lowest BCUT2D eigenvalue weighted by Crippen LogP contribution is -1.94. The maximum absolute atomic E-state index is 13.5. The van der Waals surface area contributed by atoms with Crippen LogP contribution in [0.2, 0.25) is 5.02 Å². The zero-order valence-electron chi connectivity index (χ0n) is 18.4. The van der Waals surface area contributed by atoms with Crippen molar-refractivity contribution >= 4 is 32.4 Å². The van der Waals surface area contributed by atoms with E-state index in [1.165, 1.54) is 0 Å². The maximum Gasteiger partial charge on any atom is 0.223 e. The molecule has 0 saturated carbocycles. The quantitative estimate of drug-likeness (QED) is 0.216. The van der Waals surface area contributed by atoms with Gasteiger partial charge in [-0.1, -0.05) is 41.9 Å². The average molecular weight is 489 g/mol. The molecule has 0 aliphatic carbocycles. The van der Waals surface area contributed by atoms with Gasteiger partial charge in [-0.25, -0.2) is 0 Å². The van der Waals surface area contributed by atoms with E-state index in [1.807, 2.05) is 78.9 Å². The van der Waals surface area contributed by atoms with Gasteiger partial charge in [0.2, 0.25) is 4.88 Å². The number of ether oxygens (including phenoxy) is 3. The summed E-state index contributed by atoms with van der Waals surface area (Å²) < 4.78 is 31.7. The van der Waals surface area contributed by atoms with Crippen LogP contribution in [0.1, 0.15) is 5.56 Å². The van der Waals surface area contributed by atoms with Gasteiger partial charge in [0.1, 0.15) is 23.9 Å². The summed E-state index contributed by atoms with van der Waals surface area (Å²) in [6.07, 6.45) is 0. The van der Waals surface area contributed by atoms with Gasteiger partial charge in [0.05, 0.1) is 12.5 Å². The van der Waals surface area contributed by atoms with Crippen LogP contribution < -0.4 is 14.2 Å². The first-order valence-electron chi connectivity index (χ1n) is 10.7. The average Bonchev–Trinajstić information content (AvgIpc) is 3.15. The van der Waals surface area contributed by atoms with Crippen LogP contribution in [0.4, 0.5) is 0 Å². The molecule has 1 atom stereocenters. The van der Waals surface area contributed by atoms with Crippen LogP contribution in [0, 0.1) is 0 Å². The van der Waals surface area contributed by atoms with E-state index in [0.29, 0.717) is 38.5 Å². The van der Waals surface area contributed by atoms with Crippen molar-refractivity contribution in [3.05, 3.63) is 108 Å². The lowest BCUT2D eigenvalue weighted by molar-refractivity contribution is 0.306. The molecule has 5 aromatic rings. The summed E-state index contributed by atoms with van der Waals surface area (Å²) >= 11 is 6.08. The van der Waals surface area contributed by atoms with E-state index in [4.69, 9.17) is 25.8 Å². The van der Waals surface area contributed by atoms with Gasteiger partial charge in [-0.3, -0.25) is 0 Å². The molecule has 6 heteroatoms. The van der Waals surface area contributed by atoms with Gasteiger partial charge in [-0.15, -0.1) is 0 Å². The third-order valence-corrected chi connectivity index (χ3v) is 7.20. The molecule has 0 aliphatic heterocycles. The second-order valence-electron chi connectivity index (χ2n) is 7.64. The summed E-state index contributed by atoms with van der Waals surface area (Å²) in [5.41, 5.74) is 1.89. The molecule has 4 nitrogen and oxygen atoms in total. The minimum absolute atomic E-state index is 0.487. The van der Waals surface area contributed by atoms with Crippen LogP contribution in [0.5, 0.6) is 23.0 Å². The fraction of sp³-hybridized carbons (Fsp3) is 0.0714.